The molecule has 0 saturated carbocycles. The second-order valence-electron chi connectivity index (χ2n) is 5.42. The van der Waals surface area contributed by atoms with Crippen LogP contribution in [0.4, 0.5) is 5.69 Å². The first kappa shape index (κ1) is 18.1. The molecule has 7 heteroatoms. The Bertz CT molecular complexity index is 777. The molecule has 24 heavy (non-hydrogen) atoms. The first-order valence-electron chi connectivity index (χ1n) is 7.72. The molecule has 6 nitrogen and oxygen atoms in total. The number of para-hydroxylation sites is 1. The number of aryl methyl sites for hydroxylation is 1. The molecule has 0 bridgehead atoms. The molecule has 1 aromatic heterocycles. The lowest BCUT2D eigenvalue weighted by molar-refractivity contribution is -0.698. The molecule has 2 aromatic rings. The first-order valence-corrected chi connectivity index (χ1v) is 9.33. The van der Waals surface area contributed by atoms with E-state index in [1.54, 1.807) is 11.2 Å². The van der Waals surface area contributed by atoms with Crippen molar-refractivity contribution in [3.8, 4) is 0 Å². The minimum atomic E-state index is -3.88. The van der Waals surface area contributed by atoms with Crippen molar-refractivity contribution in [2.45, 2.75) is 19.4 Å². The molecule has 0 saturated heterocycles. The van der Waals surface area contributed by atoms with Gasteiger partial charge in [-0.25, -0.2) is 0 Å². The molecule has 0 aliphatic carbocycles. The van der Waals surface area contributed by atoms with Gasteiger partial charge in [0.15, 0.2) is 6.20 Å². The lowest BCUT2D eigenvalue weighted by Crippen LogP contribution is -2.38. The van der Waals surface area contributed by atoms with Crippen molar-refractivity contribution in [1.29, 1.82) is 0 Å². The van der Waals surface area contributed by atoms with Crippen molar-refractivity contribution in [3.05, 3.63) is 60.4 Å². The van der Waals surface area contributed by atoms with Crippen molar-refractivity contribution in [2.75, 3.05) is 17.8 Å². The summed E-state index contributed by atoms with van der Waals surface area (Å²) in [4.78, 5) is 0. The Morgan fingerprint density at radius 3 is 2.54 bits per heavy atom. The fourth-order valence-corrected chi connectivity index (χ4v) is 2.80. The topological polar surface area (TPSA) is 73.8 Å². The molecular formula is C17H22N3O3S+. The molecule has 0 spiro atoms. The van der Waals surface area contributed by atoms with Gasteiger partial charge in [0.05, 0.1) is 11.4 Å². The number of pyridine rings is 1. The number of nitrogens with zero attached hydrogens (tertiary/aromatic N) is 3. The molecule has 0 amide bonds. The lowest BCUT2D eigenvalue weighted by Gasteiger charge is -2.11. The van der Waals surface area contributed by atoms with E-state index < -0.39 is 10.1 Å². The average Bonchev–Trinajstić information content (AvgIpc) is 2.57. The van der Waals surface area contributed by atoms with Gasteiger partial charge in [-0.15, -0.1) is 0 Å². The fourth-order valence-electron chi connectivity index (χ4n) is 2.23. The molecule has 0 aliphatic rings. The second kappa shape index (κ2) is 8.56. The zero-order valence-electron chi connectivity index (χ0n) is 13.6. The SMILES string of the molecule is CN(/N=C/c1cccc[n+]1CCCCS(=O)(=O)O)c1ccccc1. The van der Waals surface area contributed by atoms with Crippen LogP contribution >= 0.6 is 0 Å². The van der Waals surface area contributed by atoms with E-state index in [0.717, 1.165) is 11.4 Å². The number of rotatable bonds is 8. The van der Waals surface area contributed by atoms with Gasteiger partial charge in [0.25, 0.3) is 10.1 Å². The van der Waals surface area contributed by atoms with E-state index in [0.29, 0.717) is 19.4 Å². The fraction of sp³-hybridized carbons (Fsp3) is 0.294. The Morgan fingerprint density at radius 1 is 1.12 bits per heavy atom. The molecule has 0 fully saturated rings. The van der Waals surface area contributed by atoms with Crippen molar-refractivity contribution in [3.63, 3.8) is 0 Å². The summed E-state index contributed by atoms with van der Waals surface area (Å²) in [7, 11) is -2.00. The number of anilines is 1. The van der Waals surface area contributed by atoms with E-state index in [4.69, 9.17) is 4.55 Å². The molecule has 1 N–H and O–H groups in total. The second-order valence-corrected chi connectivity index (χ2v) is 6.99. The van der Waals surface area contributed by atoms with Crippen LogP contribution in [-0.4, -0.2) is 32.0 Å². The Morgan fingerprint density at radius 2 is 1.83 bits per heavy atom. The van der Waals surface area contributed by atoms with Gasteiger partial charge >= 0.3 is 0 Å². The van der Waals surface area contributed by atoms with Crippen molar-refractivity contribution >= 4 is 22.0 Å². The maximum atomic E-state index is 10.7. The summed E-state index contributed by atoms with van der Waals surface area (Å²) in [6.45, 7) is 0.659. The Hall–Kier alpha value is -2.25. The number of aromatic nitrogens is 1. The normalized spacial score (nSPS) is 11.8. The zero-order chi connectivity index (χ0) is 17.4. The summed E-state index contributed by atoms with van der Waals surface area (Å²) in [5, 5.41) is 6.23. The molecule has 0 unspecified atom stereocenters. The van der Waals surface area contributed by atoms with Crippen LogP contribution in [-0.2, 0) is 16.7 Å². The van der Waals surface area contributed by atoms with Crippen LogP contribution in [0.15, 0.2) is 59.8 Å². The van der Waals surface area contributed by atoms with Gasteiger partial charge in [-0.2, -0.15) is 18.1 Å². The van der Waals surface area contributed by atoms with Crippen molar-refractivity contribution in [1.82, 2.24) is 0 Å². The van der Waals surface area contributed by atoms with Gasteiger partial charge in [-0.05, 0) is 24.6 Å². The third-order valence-electron chi connectivity index (χ3n) is 3.52. The molecule has 1 aromatic carbocycles. The van der Waals surface area contributed by atoms with Crippen LogP contribution in [0.2, 0.25) is 0 Å². The minimum absolute atomic E-state index is 0.208. The molecule has 0 aliphatic heterocycles. The van der Waals surface area contributed by atoms with Gasteiger partial charge in [0.2, 0.25) is 5.69 Å². The highest BCUT2D eigenvalue weighted by Gasteiger charge is 2.09. The Balaban J connectivity index is 1.99. The largest absolute Gasteiger partial charge is 0.286 e. The smallest absolute Gasteiger partial charge is 0.264 e. The Labute approximate surface area is 142 Å². The van der Waals surface area contributed by atoms with E-state index >= 15 is 0 Å². The van der Waals surface area contributed by atoms with E-state index in [9.17, 15) is 8.42 Å². The maximum absolute atomic E-state index is 10.7. The highest BCUT2D eigenvalue weighted by atomic mass is 32.2. The van der Waals surface area contributed by atoms with E-state index in [1.165, 1.54) is 0 Å². The number of benzene rings is 1. The van der Waals surface area contributed by atoms with E-state index in [1.807, 2.05) is 66.3 Å². The van der Waals surface area contributed by atoms with Crippen molar-refractivity contribution in [2.24, 2.45) is 5.10 Å². The highest BCUT2D eigenvalue weighted by Crippen LogP contribution is 2.10. The van der Waals surface area contributed by atoms with Gasteiger partial charge in [0.1, 0.15) is 12.8 Å². The molecule has 128 valence electrons. The predicted molar refractivity (Wildman–Crippen MR) is 94.7 cm³/mol. The first-order chi connectivity index (χ1) is 11.5. The number of hydrogen-bond donors (Lipinski definition) is 1. The van der Waals surface area contributed by atoms with Crippen LogP contribution in [0.5, 0.6) is 0 Å². The molecule has 0 radical (unpaired) electrons. The average molecular weight is 348 g/mol. The van der Waals surface area contributed by atoms with Crippen LogP contribution < -0.4 is 9.58 Å². The predicted octanol–water partition coefficient (Wildman–Crippen LogP) is 2.11. The monoisotopic (exact) mass is 348 g/mol. The summed E-state index contributed by atoms with van der Waals surface area (Å²) < 4.78 is 32.3. The molecule has 0 atom stereocenters. The third-order valence-corrected chi connectivity index (χ3v) is 4.32. The number of unbranched alkanes of at least 4 members (excludes halogenated alkanes) is 1. The van der Waals surface area contributed by atoms with Gasteiger partial charge < -0.3 is 0 Å². The molecular weight excluding hydrogens is 326 g/mol. The quantitative estimate of drug-likeness (QED) is 0.261. The van der Waals surface area contributed by atoms with Gasteiger partial charge in [-0.1, -0.05) is 18.2 Å². The van der Waals surface area contributed by atoms with E-state index in [-0.39, 0.29) is 5.75 Å². The van der Waals surface area contributed by atoms with E-state index in [2.05, 4.69) is 5.10 Å². The van der Waals surface area contributed by atoms with Crippen LogP contribution in [0.25, 0.3) is 0 Å². The summed E-state index contributed by atoms with van der Waals surface area (Å²) in [6.07, 6.45) is 4.78. The summed E-state index contributed by atoms with van der Waals surface area (Å²) in [5.41, 5.74) is 1.91. The highest BCUT2D eigenvalue weighted by molar-refractivity contribution is 7.85. The summed E-state index contributed by atoms with van der Waals surface area (Å²) in [6, 6.07) is 15.6. The zero-order valence-corrected chi connectivity index (χ0v) is 14.4. The third kappa shape index (κ3) is 6.10. The number of hydrogen-bond acceptors (Lipinski definition) is 4. The van der Waals surface area contributed by atoms with Crippen LogP contribution in [0.3, 0.4) is 0 Å². The minimum Gasteiger partial charge on any atom is -0.286 e. The van der Waals surface area contributed by atoms with Crippen LogP contribution in [0, 0.1) is 0 Å². The molecule has 2 rings (SSSR count). The van der Waals surface area contributed by atoms with Crippen LogP contribution in [0.1, 0.15) is 18.5 Å². The summed E-state index contributed by atoms with van der Waals surface area (Å²) in [5.74, 6) is -0.208. The standard InChI is InChI=1S/C17H21N3O3S/c1-19(16-9-3-2-4-10-16)18-15-17-11-5-6-12-20(17)13-7-8-14-24(21,22)23/h2-6,9-12,15H,7-8,13-14H2,1H3/p+1. The lowest BCUT2D eigenvalue weighted by atomic mass is 10.3. The van der Waals surface area contributed by atoms with Gasteiger partial charge in [-0.3, -0.25) is 9.56 Å². The Kier molecular flexibility index (Phi) is 6.45. The summed E-state index contributed by atoms with van der Waals surface area (Å²) >= 11 is 0. The molecule has 1 heterocycles. The van der Waals surface area contributed by atoms with Crippen molar-refractivity contribution < 1.29 is 17.5 Å². The number of hydrazone groups is 1. The van der Waals surface area contributed by atoms with Gasteiger partial charge in [0, 0.05) is 25.6 Å². The maximum Gasteiger partial charge on any atom is 0.264 e.